The molecule has 1 heterocycles. The minimum absolute atomic E-state index is 0.0734. The van der Waals surface area contributed by atoms with Gasteiger partial charge in [0.15, 0.2) is 0 Å². The number of aliphatic hydroxyl groups is 1. The Hall–Kier alpha value is -0.610. The van der Waals surface area contributed by atoms with Crippen LogP contribution in [0.3, 0.4) is 0 Å². The molecule has 0 unspecified atom stereocenters. The first-order valence-corrected chi connectivity index (χ1v) is 6.21. The van der Waals surface area contributed by atoms with E-state index in [2.05, 4.69) is 0 Å². The highest BCUT2D eigenvalue weighted by Crippen LogP contribution is 2.47. The van der Waals surface area contributed by atoms with Crippen LogP contribution in [0.2, 0.25) is 0 Å². The molecule has 0 aromatic rings. The third kappa shape index (κ3) is 2.09. The summed E-state index contributed by atoms with van der Waals surface area (Å²) in [5.41, 5.74) is 5.91. The number of carbonyl (C=O) groups excluding carboxylic acids is 1. The van der Waals surface area contributed by atoms with Crippen LogP contribution in [0.4, 0.5) is 0 Å². The second-order valence-electron chi connectivity index (χ2n) is 5.59. The summed E-state index contributed by atoms with van der Waals surface area (Å²) in [7, 11) is 0. The Morgan fingerprint density at radius 3 is 2.94 bits per heavy atom. The quantitative estimate of drug-likeness (QED) is 0.714. The minimum atomic E-state index is -0.384. The van der Waals surface area contributed by atoms with Gasteiger partial charge in [-0.1, -0.05) is 0 Å². The summed E-state index contributed by atoms with van der Waals surface area (Å²) in [5, 5.41) is 9.17. The molecular weight excluding hydrogens is 204 g/mol. The molecule has 4 heteroatoms. The highest BCUT2D eigenvalue weighted by molar-refractivity contribution is 5.81. The topological polar surface area (TPSA) is 66.6 Å². The fourth-order valence-corrected chi connectivity index (χ4v) is 3.26. The highest BCUT2D eigenvalue weighted by Gasteiger charge is 2.45. The van der Waals surface area contributed by atoms with Crippen molar-refractivity contribution in [2.45, 2.75) is 38.6 Å². The van der Waals surface area contributed by atoms with E-state index in [4.69, 9.17) is 5.73 Å². The molecule has 1 aliphatic heterocycles. The smallest absolute Gasteiger partial charge is 0.239 e. The predicted molar refractivity (Wildman–Crippen MR) is 61.7 cm³/mol. The Balaban J connectivity index is 1.95. The highest BCUT2D eigenvalue weighted by atomic mass is 16.3. The maximum atomic E-state index is 11.8. The van der Waals surface area contributed by atoms with E-state index < -0.39 is 0 Å². The average molecular weight is 226 g/mol. The molecule has 3 atom stereocenters. The summed E-state index contributed by atoms with van der Waals surface area (Å²) < 4.78 is 0. The van der Waals surface area contributed by atoms with E-state index >= 15 is 0 Å². The van der Waals surface area contributed by atoms with Crippen molar-refractivity contribution in [1.29, 1.82) is 0 Å². The van der Waals surface area contributed by atoms with Crippen molar-refractivity contribution < 1.29 is 9.90 Å². The lowest BCUT2D eigenvalue weighted by Gasteiger charge is -2.25. The van der Waals surface area contributed by atoms with Gasteiger partial charge in [-0.15, -0.1) is 0 Å². The molecule has 1 aliphatic carbocycles. The Morgan fingerprint density at radius 2 is 2.38 bits per heavy atom. The predicted octanol–water partition coefficient (Wildman–Crippen LogP) is 0.345. The SMILES string of the molecule is C[C@@H](N)C(=O)N1CC[C@]2(CC[C@@H](CO)C2)C1. The molecule has 1 saturated heterocycles. The molecule has 3 N–H and O–H groups in total. The van der Waals surface area contributed by atoms with Crippen LogP contribution >= 0.6 is 0 Å². The van der Waals surface area contributed by atoms with E-state index in [1.165, 1.54) is 0 Å². The van der Waals surface area contributed by atoms with E-state index in [1.807, 2.05) is 4.90 Å². The summed E-state index contributed by atoms with van der Waals surface area (Å²) in [5.74, 6) is 0.523. The number of aliphatic hydroxyl groups excluding tert-OH is 1. The summed E-state index contributed by atoms with van der Waals surface area (Å²) >= 11 is 0. The van der Waals surface area contributed by atoms with E-state index in [9.17, 15) is 9.90 Å². The van der Waals surface area contributed by atoms with Gasteiger partial charge in [0, 0.05) is 19.7 Å². The maximum Gasteiger partial charge on any atom is 0.239 e. The Bertz CT molecular complexity index is 280. The van der Waals surface area contributed by atoms with Crippen molar-refractivity contribution in [3.8, 4) is 0 Å². The van der Waals surface area contributed by atoms with Crippen molar-refractivity contribution in [2.24, 2.45) is 17.1 Å². The maximum absolute atomic E-state index is 11.8. The molecule has 1 spiro atoms. The zero-order valence-electron chi connectivity index (χ0n) is 9.98. The fourth-order valence-electron chi connectivity index (χ4n) is 3.26. The van der Waals surface area contributed by atoms with Crippen molar-refractivity contribution in [2.75, 3.05) is 19.7 Å². The largest absolute Gasteiger partial charge is 0.396 e. The second-order valence-corrected chi connectivity index (χ2v) is 5.59. The van der Waals surface area contributed by atoms with Crippen LogP contribution in [0.15, 0.2) is 0 Å². The van der Waals surface area contributed by atoms with Crippen LogP contribution in [0.1, 0.15) is 32.6 Å². The van der Waals surface area contributed by atoms with Gasteiger partial charge in [-0.3, -0.25) is 4.79 Å². The molecule has 2 aliphatic rings. The van der Waals surface area contributed by atoms with Crippen LogP contribution in [0.25, 0.3) is 0 Å². The number of amides is 1. The Kier molecular flexibility index (Phi) is 3.22. The molecule has 16 heavy (non-hydrogen) atoms. The average Bonchev–Trinajstić information content (AvgIpc) is 2.85. The molecule has 4 nitrogen and oxygen atoms in total. The van der Waals surface area contributed by atoms with Crippen LogP contribution in [0.5, 0.6) is 0 Å². The number of carbonyl (C=O) groups is 1. The Morgan fingerprint density at radius 1 is 1.62 bits per heavy atom. The summed E-state index contributed by atoms with van der Waals surface area (Å²) in [6.45, 7) is 3.74. The van der Waals surface area contributed by atoms with Gasteiger partial charge in [0.1, 0.15) is 0 Å². The molecule has 0 bridgehead atoms. The molecule has 0 aromatic carbocycles. The lowest BCUT2D eigenvalue weighted by atomic mass is 9.84. The molecule has 2 rings (SSSR count). The monoisotopic (exact) mass is 226 g/mol. The van der Waals surface area contributed by atoms with Gasteiger partial charge < -0.3 is 15.7 Å². The first-order valence-electron chi connectivity index (χ1n) is 6.21. The number of rotatable bonds is 2. The van der Waals surface area contributed by atoms with Crippen LogP contribution in [0, 0.1) is 11.3 Å². The number of nitrogens with two attached hydrogens (primary N) is 1. The lowest BCUT2D eigenvalue weighted by molar-refractivity contribution is -0.131. The van der Waals surface area contributed by atoms with Crippen molar-refractivity contribution in [3.05, 3.63) is 0 Å². The third-order valence-corrected chi connectivity index (χ3v) is 4.20. The van der Waals surface area contributed by atoms with E-state index in [-0.39, 0.29) is 17.4 Å². The summed E-state index contributed by atoms with van der Waals surface area (Å²) in [6, 6.07) is -0.384. The first kappa shape index (κ1) is 11.9. The third-order valence-electron chi connectivity index (χ3n) is 4.20. The first-order chi connectivity index (χ1) is 7.56. The lowest BCUT2D eigenvalue weighted by Crippen LogP contribution is -2.41. The zero-order chi connectivity index (χ0) is 11.8. The van der Waals surface area contributed by atoms with Gasteiger partial charge in [0.05, 0.1) is 6.04 Å². The molecule has 0 aromatic heterocycles. The van der Waals surface area contributed by atoms with Gasteiger partial charge in [0.2, 0.25) is 5.91 Å². The standard InChI is InChI=1S/C12H22N2O2/c1-9(13)11(16)14-5-4-12(8-14)3-2-10(6-12)7-15/h9-10,15H,2-8,13H2,1H3/t9-,10-,12+/m1/s1. The Labute approximate surface area is 96.8 Å². The summed E-state index contributed by atoms with van der Waals surface area (Å²) in [6.07, 6.45) is 4.42. The van der Waals surface area contributed by atoms with Crippen LogP contribution in [-0.2, 0) is 4.79 Å². The van der Waals surface area contributed by atoms with Crippen LogP contribution in [-0.4, -0.2) is 41.7 Å². The normalized spacial score (nSPS) is 35.9. The van der Waals surface area contributed by atoms with Crippen molar-refractivity contribution >= 4 is 5.91 Å². The summed E-state index contributed by atoms with van der Waals surface area (Å²) in [4.78, 5) is 13.7. The van der Waals surface area contributed by atoms with Gasteiger partial charge >= 0.3 is 0 Å². The molecule has 92 valence electrons. The number of likely N-dealkylation sites (tertiary alicyclic amines) is 1. The molecule has 2 fully saturated rings. The fraction of sp³-hybridized carbons (Fsp3) is 0.917. The van der Waals surface area contributed by atoms with Crippen molar-refractivity contribution in [1.82, 2.24) is 4.90 Å². The van der Waals surface area contributed by atoms with E-state index in [0.29, 0.717) is 12.5 Å². The van der Waals surface area contributed by atoms with Crippen LogP contribution < -0.4 is 5.73 Å². The van der Waals surface area contributed by atoms with Gasteiger partial charge in [-0.25, -0.2) is 0 Å². The zero-order valence-corrected chi connectivity index (χ0v) is 9.98. The van der Waals surface area contributed by atoms with Crippen molar-refractivity contribution in [3.63, 3.8) is 0 Å². The molecule has 1 amide bonds. The van der Waals surface area contributed by atoms with E-state index in [1.54, 1.807) is 6.92 Å². The molecule has 1 saturated carbocycles. The van der Waals surface area contributed by atoms with Gasteiger partial charge in [-0.05, 0) is 43.9 Å². The molecular formula is C12H22N2O2. The number of hydrogen-bond donors (Lipinski definition) is 2. The molecule has 0 radical (unpaired) electrons. The van der Waals surface area contributed by atoms with Gasteiger partial charge in [-0.2, -0.15) is 0 Å². The second kappa shape index (κ2) is 4.34. The minimum Gasteiger partial charge on any atom is -0.396 e. The van der Waals surface area contributed by atoms with Gasteiger partial charge in [0.25, 0.3) is 0 Å². The van der Waals surface area contributed by atoms with E-state index in [0.717, 1.165) is 38.8 Å². The number of nitrogens with zero attached hydrogens (tertiary/aromatic N) is 1. The number of hydrogen-bond acceptors (Lipinski definition) is 3.